The van der Waals surface area contributed by atoms with Crippen LogP contribution < -0.4 is 5.32 Å². The molecule has 17 heavy (non-hydrogen) atoms. The number of hydrogen-bond donors (Lipinski definition) is 1. The Labute approximate surface area is 112 Å². The smallest absolute Gasteiger partial charge is 0.271 e. The summed E-state index contributed by atoms with van der Waals surface area (Å²) in [6, 6.07) is 3.20. The molecule has 0 saturated heterocycles. The summed E-state index contributed by atoms with van der Waals surface area (Å²) in [6.45, 7) is 6.16. The molecule has 94 valence electrons. The average molecular weight is 275 g/mol. The highest BCUT2D eigenvalue weighted by Crippen LogP contribution is 2.17. The van der Waals surface area contributed by atoms with Gasteiger partial charge < -0.3 is 5.32 Å². The first-order valence-corrected chi connectivity index (χ1v) is 6.28. The third-order valence-electron chi connectivity index (χ3n) is 2.23. The van der Waals surface area contributed by atoms with Crippen molar-refractivity contribution in [3.05, 3.63) is 28.0 Å². The molecule has 5 heteroatoms. The molecule has 1 N–H and O–H groups in total. The van der Waals surface area contributed by atoms with E-state index in [0.717, 1.165) is 6.42 Å². The zero-order valence-electron chi connectivity index (χ0n) is 10.1. The van der Waals surface area contributed by atoms with Gasteiger partial charge in [0.15, 0.2) is 0 Å². The van der Waals surface area contributed by atoms with E-state index in [2.05, 4.69) is 24.1 Å². The zero-order valence-corrected chi connectivity index (χ0v) is 11.6. The summed E-state index contributed by atoms with van der Waals surface area (Å²) < 4.78 is 0. The van der Waals surface area contributed by atoms with E-state index in [1.807, 2.05) is 6.92 Å². The normalized spacial score (nSPS) is 12.6. The Morgan fingerprint density at radius 2 is 2.00 bits per heavy atom. The number of nitrogens with zero attached hydrogens (tertiary/aromatic N) is 1. The van der Waals surface area contributed by atoms with Gasteiger partial charge in [0.2, 0.25) is 0 Å². The molecular formula is C12H16Cl2N2O. The molecule has 1 amide bonds. The van der Waals surface area contributed by atoms with Crippen molar-refractivity contribution in [1.82, 2.24) is 10.3 Å². The van der Waals surface area contributed by atoms with Crippen LogP contribution >= 0.6 is 23.2 Å². The Morgan fingerprint density at radius 1 is 1.35 bits per heavy atom. The van der Waals surface area contributed by atoms with Crippen molar-refractivity contribution < 1.29 is 4.79 Å². The van der Waals surface area contributed by atoms with E-state index in [-0.39, 0.29) is 22.8 Å². The monoisotopic (exact) mass is 274 g/mol. The van der Waals surface area contributed by atoms with Crippen LogP contribution in [0.15, 0.2) is 12.1 Å². The molecule has 1 rings (SSSR count). The lowest BCUT2D eigenvalue weighted by molar-refractivity contribution is 0.0931. The summed E-state index contributed by atoms with van der Waals surface area (Å²) in [4.78, 5) is 15.8. The largest absolute Gasteiger partial charge is 0.348 e. The maximum Gasteiger partial charge on any atom is 0.271 e. The van der Waals surface area contributed by atoms with Crippen LogP contribution in [0.3, 0.4) is 0 Å². The first kappa shape index (κ1) is 14.3. The minimum atomic E-state index is -0.286. The molecule has 0 aliphatic carbocycles. The van der Waals surface area contributed by atoms with E-state index < -0.39 is 0 Å². The molecule has 0 saturated carbocycles. The zero-order chi connectivity index (χ0) is 13.0. The Hall–Kier alpha value is -0.800. The lowest BCUT2D eigenvalue weighted by atomic mass is 10.1. The maximum absolute atomic E-state index is 11.9. The molecule has 0 aliphatic rings. The van der Waals surface area contributed by atoms with Crippen LogP contribution in [0.25, 0.3) is 0 Å². The number of carbonyl (C=O) groups excluding carboxylic acids is 1. The second kappa shape index (κ2) is 6.22. The van der Waals surface area contributed by atoms with Crippen molar-refractivity contribution in [3.8, 4) is 0 Å². The molecule has 1 atom stereocenters. The van der Waals surface area contributed by atoms with Crippen molar-refractivity contribution in [2.45, 2.75) is 33.2 Å². The van der Waals surface area contributed by atoms with Gasteiger partial charge in [-0.1, -0.05) is 37.0 Å². The Bertz CT molecular complexity index is 407. The number of hydrogen-bond acceptors (Lipinski definition) is 2. The molecule has 0 spiro atoms. The van der Waals surface area contributed by atoms with Gasteiger partial charge in [-0.3, -0.25) is 4.79 Å². The molecule has 0 radical (unpaired) electrons. The van der Waals surface area contributed by atoms with Gasteiger partial charge in [0, 0.05) is 6.04 Å². The highest BCUT2D eigenvalue weighted by atomic mass is 35.5. The maximum atomic E-state index is 11.9. The third kappa shape index (κ3) is 4.52. The molecule has 1 unspecified atom stereocenters. The van der Waals surface area contributed by atoms with Gasteiger partial charge in [-0.2, -0.15) is 0 Å². The number of pyridine rings is 1. The summed E-state index contributed by atoms with van der Waals surface area (Å²) in [7, 11) is 0. The predicted molar refractivity (Wildman–Crippen MR) is 70.6 cm³/mol. The lowest BCUT2D eigenvalue weighted by Gasteiger charge is -2.15. The summed E-state index contributed by atoms with van der Waals surface area (Å²) >= 11 is 11.6. The summed E-state index contributed by atoms with van der Waals surface area (Å²) in [5.74, 6) is 0.235. The van der Waals surface area contributed by atoms with Crippen LogP contribution in [-0.2, 0) is 0 Å². The number of amides is 1. The summed E-state index contributed by atoms with van der Waals surface area (Å²) in [6.07, 6.45) is 0.907. The van der Waals surface area contributed by atoms with E-state index in [4.69, 9.17) is 23.2 Å². The minimum Gasteiger partial charge on any atom is -0.348 e. The quantitative estimate of drug-likeness (QED) is 0.854. The predicted octanol–water partition coefficient (Wildman–Crippen LogP) is 3.55. The SMILES string of the molecule is CC(C)CC(C)NC(=O)c1nc(Cl)ccc1Cl. The van der Waals surface area contributed by atoms with Crippen molar-refractivity contribution >= 4 is 29.1 Å². The number of nitrogens with one attached hydrogen (secondary N) is 1. The highest BCUT2D eigenvalue weighted by molar-refractivity contribution is 6.34. The van der Waals surface area contributed by atoms with Crippen molar-refractivity contribution in [1.29, 1.82) is 0 Å². The standard InChI is InChI=1S/C12H16Cl2N2O/c1-7(2)6-8(3)15-12(17)11-9(13)4-5-10(14)16-11/h4-5,7-8H,6H2,1-3H3,(H,15,17). The Morgan fingerprint density at radius 3 is 2.59 bits per heavy atom. The molecule has 1 aromatic rings. The molecule has 1 heterocycles. The van der Waals surface area contributed by atoms with Crippen molar-refractivity contribution in [2.24, 2.45) is 5.92 Å². The van der Waals surface area contributed by atoms with Gasteiger partial charge in [0.25, 0.3) is 5.91 Å². The van der Waals surface area contributed by atoms with E-state index in [0.29, 0.717) is 10.9 Å². The summed E-state index contributed by atoms with van der Waals surface area (Å²) in [5.41, 5.74) is 0.176. The van der Waals surface area contributed by atoms with Crippen LogP contribution in [0.5, 0.6) is 0 Å². The van der Waals surface area contributed by atoms with Gasteiger partial charge in [0.05, 0.1) is 5.02 Å². The molecule has 3 nitrogen and oxygen atoms in total. The van der Waals surface area contributed by atoms with Gasteiger partial charge in [0.1, 0.15) is 10.8 Å². The van der Waals surface area contributed by atoms with Crippen LogP contribution in [-0.4, -0.2) is 16.9 Å². The van der Waals surface area contributed by atoms with Gasteiger partial charge in [-0.15, -0.1) is 0 Å². The van der Waals surface area contributed by atoms with Crippen LogP contribution in [0.1, 0.15) is 37.7 Å². The van der Waals surface area contributed by atoms with E-state index in [9.17, 15) is 4.79 Å². The number of rotatable bonds is 4. The molecule has 0 bridgehead atoms. The van der Waals surface area contributed by atoms with Gasteiger partial charge in [-0.25, -0.2) is 4.98 Å². The fraction of sp³-hybridized carbons (Fsp3) is 0.500. The number of aromatic nitrogens is 1. The number of carbonyl (C=O) groups is 1. The van der Waals surface area contributed by atoms with E-state index in [1.165, 1.54) is 0 Å². The molecule has 0 fully saturated rings. The van der Waals surface area contributed by atoms with Crippen LogP contribution in [0.2, 0.25) is 10.2 Å². The average Bonchev–Trinajstić information content (AvgIpc) is 2.20. The molecule has 1 aromatic heterocycles. The van der Waals surface area contributed by atoms with Crippen molar-refractivity contribution in [3.63, 3.8) is 0 Å². The van der Waals surface area contributed by atoms with Crippen LogP contribution in [0.4, 0.5) is 0 Å². The second-order valence-electron chi connectivity index (χ2n) is 4.47. The minimum absolute atomic E-state index is 0.0827. The molecular weight excluding hydrogens is 259 g/mol. The Balaban J connectivity index is 2.73. The van der Waals surface area contributed by atoms with Crippen molar-refractivity contribution in [2.75, 3.05) is 0 Å². The second-order valence-corrected chi connectivity index (χ2v) is 5.26. The number of halogens is 2. The van der Waals surface area contributed by atoms with E-state index in [1.54, 1.807) is 12.1 Å². The molecule has 0 aliphatic heterocycles. The summed E-state index contributed by atoms with van der Waals surface area (Å²) in [5, 5.41) is 3.42. The van der Waals surface area contributed by atoms with Gasteiger partial charge in [-0.05, 0) is 31.4 Å². The topological polar surface area (TPSA) is 42.0 Å². The first-order valence-electron chi connectivity index (χ1n) is 5.53. The lowest BCUT2D eigenvalue weighted by Crippen LogP contribution is -2.34. The van der Waals surface area contributed by atoms with E-state index >= 15 is 0 Å². The fourth-order valence-electron chi connectivity index (χ4n) is 1.64. The van der Waals surface area contributed by atoms with Crippen LogP contribution in [0, 0.1) is 5.92 Å². The first-order chi connectivity index (χ1) is 7.90. The fourth-order valence-corrected chi connectivity index (χ4v) is 1.97. The molecule has 0 aromatic carbocycles. The van der Waals surface area contributed by atoms with Gasteiger partial charge >= 0.3 is 0 Å². The highest BCUT2D eigenvalue weighted by Gasteiger charge is 2.15. The Kier molecular flexibility index (Phi) is 5.22. The third-order valence-corrected chi connectivity index (χ3v) is 2.75.